The van der Waals surface area contributed by atoms with Crippen molar-refractivity contribution in [1.29, 1.82) is 0 Å². The molecule has 3 rings (SSSR count). The van der Waals surface area contributed by atoms with E-state index in [1.807, 2.05) is 20.8 Å². The summed E-state index contributed by atoms with van der Waals surface area (Å²) in [6.45, 7) is 5.94. The SMILES string of the molecule is CC(C)(C)c1nc(C(=O)Nc2nnc(C3CC3)o2)n[nH]1. The van der Waals surface area contributed by atoms with Crippen molar-refractivity contribution in [3.8, 4) is 0 Å². The molecule has 1 fully saturated rings. The summed E-state index contributed by atoms with van der Waals surface area (Å²) in [5.41, 5.74) is -0.199. The van der Waals surface area contributed by atoms with Gasteiger partial charge in [0.05, 0.1) is 0 Å². The van der Waals surface area contributed by atoms with Crippen LogP contribution in [0.25, 0.3) is 0 Å². The molecular weight excluding hydrogens is 260 g/mol. The first-order valence-corrected chi connectivity index (χ1v) is 6.51. The third kappa shape index (κ3) is 2.54. The van der Waals surface area contributed by atoms with Crippen molar-refractivity contribution < 1.29 is 9.21 Å². The maximum absolute atomic E-state index is 12.0. The van der Waals surface area contributed by atoms with Crippen molar-refractivity contribution in [3.05, 3.63) is 17.5 Å². The zero-order chi connectivity index (χ0) is 14.3. The van der Waals surface area contributed by atoms with Gasteiger partial charge in [-0.15, -0.1) is 10.2 Å². The van der Waals surface area contributed by atoms with E-state index in [1.54, 1.807) is 0 Å². The van der Waals surface area contributed by atoms with Crippen LogP contribution in [0.2, 0.25) is 0 Å². The van der Waals surface area contributed by atoms with E-state index >= 15 is 0 Å². The lowest BCUT2D eigenvalue weighted by Crippen LogP contribution is -2.16. The van der Waals surface area contributed by atoms with Gasteiger partial charge in [0, 0.05) is 11.3 Å². The molecule has 2 N–H and O–H groups in total. The second-order valence-electron chi connectivity index (χ2n) is 5.93. The maximum Gasteiger partial charge on any atom is 0.322 e. The largest absolute Gasteiger partial charge is 0.408 e. The van der Waals surface area contributed by atoms with Gasteiger partial charge in [0.2, 0.25) is 11.7 Å². The van der Waals surface area contributed by atoms with Crippen LogP contribution >= 0.6 is 0 Å². The van der Waals surface area contributed by atoms with Gasteiger partial charge in [0.15, 0.2) is 0 Å². The van der Waals surface area contributed by atoms with Crippen LogP contribution < -0.4 is 5.32 Å². The maximum atomic E-state index is 12.0. The minimum Gasteiger partial charge on any atom is -0.408 e. The van der Waals surface area contributed by atoms with E-state index in [-0.39, 0.29) is 17.3 Å². The van der Waals surface area contributed by atoms with Gasteiger partial charge in [-0.3, -0.25) is 15.2 Å². The normalized spacial score (nSPS) is 15.3. The first-order chi connectivity index (χ1) is 9.43. The average Bonchev–Trinajstić information content (AvgIpc) is 2.91. The second kappa shape index (κ2) is 4.39. The van der Waals surface area contributed by atoms with Crippen molar-refractivity contribution in [1.82, 2.24) is 25.4 Å². The Morgan fingerprint density at radius 3 is 2.70 bits per heavy atom. The predicted octanol–water partition coefficient (Wildman–Crippen LogP) is 1.61. The van der Waals surface area contributed by atoms with E-state index in [2.05, 4.69) is 30.7 Å². The number of carbonyl (C=O) groups is 1. The molecule has 106 valence electrons. The molecular formula is C12H16N6O2. The monoisotopic (exact) mass is 276 g/mol. The fourth-order valence-electron chi connectivity index (χ4n) is 1.63. The van der Waals surface area contributed by atoms with E-state index in [0.29, 0.717) is 17.6 Å². The Morgan fingerprint density at radius 1 is 1.35 bits per heavy atom. The average molecular weight is 276 g/mol. The van der Waals surface area contributed by atoms with Crippen molar-refractivity contribution in [2.24, 2.45) is 0 Å². The molecule has 0 aromatic carbocycles. The Bertz CT molecular complexity index is 634. The van der Waals surface area contributed by atoms with E-state index < -0.39 is 5.91 Å². The lowest BCUT2D eigenvalue weighted by Gasteiger charge is -2.12. The second-order valence-corrected chi connectivity index (χ2v) is 5.93. The zero-order valence-electron chi connectivity index (χ0n) is 11.6. The summed E-state index contributed by atoms with van der Waals surface area (Å²) in [5.74, 6) is 1.16. The molecule has 0 spiro atoms. The van der Waals surface area contributed by atoms with Crippen LogP contribution in [0.3, 0.4) is 0 Å². The van der Waals surface area contributed by atoms with E-state index in [9.17, 15) is 4.79 Å². The topological polar surface area (TPSA) is 110 Å². The highest BCUT2D eigenvalue weighted by Gasteiger charge is 2.30. The van der Waals surface area contributed by atoms with Crippen LogP contribution in [-0.2, 0) is 5.41 Å². The molecule has 2 aromatic heterocycles. The molecule has 0 bridgehead atoms. The molecule has 1 aliphatic carbocycles. The zero-order valence-corrected chi connectivity index (χ0v) is 11.6. The summed E-state index contributed by atoms with van der Waals surface area (Å²) in [4.78, 5) is 16.1. The van der Waals surface area contributed by atoms with Crippen molar-refractivity contribution in [2.75, 3.05) is 5.32 Å². The minimum atomic E-state index is -0.470. The number of aromatic nitrogens is 5. The van der Waals surface area contributed by atoms with Crippen molar-refractivity contribution in [3.63, 3.8) is 0 Å². The summed E-state index contributed by atoms with van der Waals surface area (Å²) >= 11 is 0. The molecule has 8 heteroatoms. The molecule has 1 saturated carbocycles. The lowest BCUT2D eigenvalue weighted by atomic mass is 9.96. The molecule has 1 aliphatic rings. The standard InChI is InChI=1S/C12H16N6O2/c1-12(2,3)10-13-7(15-17-10)8(19)14-11-18-16-9(20-11)6-4-5-6/h6H,4-5H2,1-3H3,(H,13,15,17)(H,14,18,19). The molecule has 0 unspecified atom stereocenters. The van der Waals surface area contributed by atoms with Gasteiger partial charge in [-0.25, -0.2) is 4.98 Å². The van der Waals surface area contributed by atoms with Crippen LogP contribution in [0, 0.1) is 0 Å². The lowest BCUT2D eigenvalue weighted by molar-refractivity contribution is 0.101. The fourth-order valence-corrected chi connectivity index (χ4v) is 1.63. The van der Waals surface area contributed by atoms with Crippen LogP contribution in [0.1, 0.15) is 61.9 Å². The third-order valence-electron chi connectivity index (χ3n) is 2.99. The van der Waals surface area contributed by atoms with Crippen LogP contribution in [-0.4, -0.2) is 31.3 Å². The highest BCUT2D eigenvalue weighted by atomic mass is 16.4. The molecule has 0 radical (unpaired) electrons. The first kappa shape index (κ1) is 12.8. The van der Waals surface area contributed by atoms with Crippen LogP contribution in [0.4, 0.5) is 6.01 Å². The molecule has 20 heavy (non-hydrogen) atoms. The molecule has 0 aliphatic heterocycles. The number of nitrogens with zero attached hydrogens (tertiary/aromatic N) is 4. The van der Waals surface area contributed by atoms with Gasteiger partial charge < -0.3 is 4.42 Å². The summed E-state index contributed by atoms with van der Waals surface area (Å²) in [5, 5.41) is 16.8. The van der Waals surface area contributed by atoms with Gasteiger partial charge in [0.25, 0.3) is 5.91 Å². The smallest absolute Gasteiger partial charge is 0.322 e. The third-order valence-corrected chi connectivity index (χ3v) is 2.99. The van der Waals surface area contributed by atoms with Gasteiger partial charge in [-0.1, -0.05) is 25.9 Å². The van der Waals surface area contributed by atoms with Crippen molar-refractivity contribution in [2.45, 2.75) is 44.9 Å². The number of rotatable bonds is 3. The number of H-pyrrole nitrogens is 1. The quantitative estimate of drug-likeness (QED) is 0.881. The highest BCUT2D eigenvalue weighted by molar-refractivity contribution is 6.00. The highest BCUT2D eigenvalue weighted by Crippen LogP contribution is 2.39. The number of nitrogens with one attached hydrogen (secondary N) is 2. The van der Waals surface area contributed by atoms with E-state index in [4.69, 9.17) is 4.42 Å². The molecule has 2 aromatic rings. The Morgan fingerprint density at radius 2 is 2.10 bits per heavy atom. The van der Waals surface area contributed by atoms with E-state index in [1.165, 1.54) is 0 Å². The number of aromatic amines is 1. The number of hydrogen-bond acceptors (Lipinski definition) is 6. The van der Waals surface area contributed by atoms with Crippen LogP contribution in [0.5, 0.6) is 0 Å². The number of amides is 1. The predicted molar refractivity (Wildman–Crippen MR) is 69.3 cm³/mol. The Labute approximate surface area is 115 Å². The molecule has 1 amide bonds. The van der Waals surface area contributed by atoms with Gasteiger partial charge >= 0.3 is 6.01 Å². The van der Waals surface area contributed by atoms with Crippen molar-refractivity contribution >= 4 is 11.9 Å². The Balaban J connectivity index is 1.70. The van der Waals surface area contributed by atoms with Crippen LogP contribution in [0.15, 0.2) is 4.42 Å². The molecule has 2 heterocycles. The minimum absolute atomic E-state index is 0.0566. The number of anilines is 1. The van der Waals surface area contributed by atoms with Gasteiger partial charge in [-0.2, -0.15) is 0 Å². The molecule has 0 saturated heterocycles. The van der Waals surface area contributed by atoms with Gasteiger partial charge in [-0.05, 0) is 12.8 Å². The molecule has 8 nitrogen and oxygen atoms in total. The summed E-state index contributed by atoms with van der Waals surface area (Å²) < 4.78 is 5.35. The van der Waals surface area contributed by atoms with Gasteiger partial charge in [0.1, 0.15) is 5.82 Å². The number of carbonyl (C=O) groups excluding carboxylic acids is 1. The fraction of sp³-hybridized carbons (Fsp3) is 0.583. The Kier molecular flexibility index (Phi) is 2.81. The molecule has 0 atom stereocenters. The summed E-state index contributed by atoms with van der Waals surface area (Å²) in [6.07, 6.45) is 2.12. The number of hydrogen-bond donors (Lipinski definition) is 2. The summed E-state index contributed by atoms with van der Waals surface area (Å²) in [6, 6.07) is 0.0824. The first-order valence-electron chi connectivity index (χ1n) is 6.51. The Hall–Kier alpha value is -2.25. The van der Waals surface area contributed by atoms with E-state index in [0.717, 1.165) is 12.8 Å². The summed E-state index contributed by atoms with van der Waals surface area (Å²) in [7, 11) is 0.